The molecule has 2 unspecified atom stereocenters. The molecule has 0 aromatic carbocycles. The largest absolute Gasteiger partial charge is 0.365 e. The maximum atomic E-state index is 11.2. The predicted octanol–water partition coefficient (Wildman–Crippen LogP) is 0.962. The van der Waals surface area contributed by atoms with Gasteiger partial charge in [-0.25, -0.2) is 0 Å². The van der Waals surface area contributed by atoms with Crippen LogP contribution in [0.2, 0.25) is 0 Å². The Kier molecular flexibility index (Phi) is 2.81. The monoisotopic (exact) mass is 220 g/mol. The van der Waals surface area contributed by atoms with Crippen molar-refractivity contribution in [2.24, 2.45) is 0 Å². The van der Waals surface area contributed by atoms with Crippen LogP contribution in [0.5, 0.6) is 0 Å². The van der Waals surface area contributed by atoms with E-state index in [-0.39, 0.29) is 5.78 Å². The third-order valence-corrected chi connectivity index (χ3v) is 2.15. The van der Waals surface area contributed by atoms with Crippen LogP contribution in [0.3, 0.4) is 0 Å². The highest BCUT2D eigenvalue weighted by Crippen LogP contribution is 2.20. The molecule has 1 rings (SSSR count). The van der Waals surface area contributed by atoms with Crippen LogP contribution in [0, 0.1) is 0 Å². The molecule has 4 heteroatoms. The van der Waals surface area contributed by atoms with Crippen LogP contribution in [0.25, 0.3) is 0 Å². The highest BCUT2D eigenvalue weighted by molar-refractivity contribution is 9.12. The van der Waals surface area contributed by atoms with E-state index < -0.39 is 12.4 Å². The van der Waals surface area contributed by atoms with Gasteiger partial charge < -0.3 is 9.84 Å². The van der Waals surface area contributed by atoms with Gasteiger partial charge in [0.1, 0.15) is 6.10 Å². The number of carbonyl (C=O) groups is 1. The molecule has 0 bridgehead atoms. The van der Waals surface area contributed by atoms with E-state index in [0.717, 1.165) is 0 Å². The second kappa shape index (κ2) is 3.47. The molecule has 1 heterocycles. The summed E-state index contributed by atoms with van der Waals surface area (Å²) < 4.78 is 5.32. The predicted molar refractivity (Wildman–Crippen MR) is 43.2 cm³/mol. The molecule has 1 aliphatic rings. The molecule has 11 heavy (non-hydrogen) atoms. The molecule has 3 nitrogen and oxygen atoms in total. The van der Waals surface area contributed by atoms with Crippen molar-refractivity contribution in [1.29, 1.82) is 0 Å². The van der Waals surface area contributed by atoms with Crippen LogP contribution in [0.4, 0.5) is 0 Å². The first-order valence-electron chi connectivity index (χ1n) is 3.40. The molecule has 1 N–H and O–H groups in total. The van der Waals surface area contributed by atoms with Crippen molar-refractivity contribution in [2.75, 3.05) is 0 Å². The first-order chi connectivity index (χ1) is 5.15. The highest BCUT2D eigenvalue weighted by Gasteiger charge is 2.27. The topological polar surface area (TPSA) is 46.5 Å². The van der Waals surface area contributed by atoms with Crippen LogP contribution in [0.15, 0.2) is 10.6 Å². The van der Waals surface area contributed by atoms with Crippen LogP contribution in [-0.4, -0.2) is 23.3 Å². The standard InChI is InChI=1S/C7H9BrO3/c1-2-5-7(10)4(8)3-6(9)11-5/h3,5-6,9H,2H2,1H3. The molecule has 0 aliphatic carbocycles. The van der Waals surface area contributed by atoms with Crippen molar-refractivity contribution >= 4 is 21.7 Å². The lowest BCUT2D eigenvalue weighted by molar-refractivity contribution is -0.148. The number of Topliss-reactive ketones (excluding diaryl/α,β-unsaturated/α-hetero) is 1. The fourth-order valence-electron chi connectivity index (χ4n) is 0.912. The van der Waals surface area contributed by atoms with Crippen LogP contribution < -0.4 is 0 Å². The average Bonchev–Trinajstić information content (AvgIpc) is 1.96. The number of aliphatic hydroxyl groups is 1. The van der Waals surface area contributed by atoms with Gasteiger partial charge in [-0.1, -0.05) is 6.92 Å². The van der Waals surface area contributed by atoms with Crippen LogP contribution >= 0.6 is 15.9 Å². The zero-order chi connectivity index (χ0) is 8.43. The summed E-state index contributed by atoms with van der Waals surface area (Å²) in [5, 5.41) is 9.02. The summed E-state index contributed by atoms with van der Waals surface area (Å²) in [6.45, 7) is 1.83. The number of halogens is 1. The minimum atomic E-state index is -0.952. The Bertz CT molecular complexity index is 200. The van der Waals surface area contributed by atoms with Crippen molar-refractivity contribution in [1.82, 2.24) is 0 Å². The molecule has 0 fully saturated rings. The van der Waals surface area contributed by atoms with Gasteiger partial charge in [0.15, 0.2) is 12.1 Å². The summed E-state index contributed by atoms with van der Waals surface area (Å²) >= 11 is 3.05. The van der Waals surface area contributed by atoms with Gasteiger partial charge in [-0.05, 0) is 28.4 Å². The van der Waals surface area contributed by atoms with E-state index in [2.05, 4.69) is 15.9 Å². The van der Waals surface area contributed by atoms with E-state index in [1.54, 1.807) is 0 Å². The number of carbonyl (C=O) groups excluding carboxylic acids is 1. The summed E-state index contributed by atoms with van der Waals surface area (Å²) in [7, 11) is 0. The smallest absolute Gasteiger partial charge is 0.198 e. The molecule has 0 amide bonds. The van der Waals surface area contributed by atoms with Crippen molar-refractivity contribution in [2.45, 2.75) is 25.7 Å². The van der Waals surface area contributed by atoms with Gasteiger partial charge in [0.25, 0.3) is 0 Å². The number of rotatable bonds is 1. The van der Waals surface area contributed by atoms with E-state index in [1.165, 1.54) is 6.08 Å². The van der Waals surface area contributed by atoms with Gasteiger partial charge in [-0.3, -0.25) is 4.79 Å². The molecule has 0 radical (unpaired) electrons. The fraction of sp³-hybridized carbons (Fsp3) is 0.571. The fourth-order valence-corrected chi connectivity index (χ4v) is 1.39. The summed E-state index contributed by atoms with van der Waals surface area (Å²) in [6.07, 6.45) is 0.476. The Balaban J connectivity index is 2.77. The molecule has 0 saturated carbocycles. The molecule has 2 atom stereocenters. The maximum absolute atomic E-state index is 11.2. The van der Waals surface area contributed by atoms with Gasteiger partial charge in [0.2, 0.25) is 0 Å². The SMILES string of the molecule is CCC1OC(O)C=C(Br)C1=O. The molecular weight excluding hydrogens is 212 g/mol. The zero-order valence-corrected chi connectivity index (χ0v) is 7.67. The molecule has 0 saturated heterocycles. The number of ether oxygens (including phenoxy) is 1. The summed E-state index contributed by atoms with van der Waals surface area (Å²) in [5.74, 6) is -0.0993. The van der Waals surface area contributed by atoms with Crippen LogP contribution in [-0.2, 0) is 9.53 Å². The van der Waals surface area contributed by atoms with Gasteiger partial charge in [-0.15, -0.1) is 0 Å². The summed E-state index contributed by atoms with van der Waals surface area (Å²) in [5.41, 5.74) is 0. The van der Waals surface area contributed by atoms with Gasteiger partial charge in [-0.2, -0.15) is 0 Å². The molecule has 0 aromatic rings. The molecule has 0 spiro atoms. The highest BCUT2D eigenvalue weighted by atomic mass is 79.9. The molecule has 0 aromatic heterocycles. The lowest BCUT2D eigenvalue weighted by Gasteiger charge is -2.21. The Morgan fingerprint density at radius 1 is 1.82 bits per heavy atom. The first kappa shape index (κ1) is 8.90. The summed E-state index contributed by atoms with van der Waals surface area (Å²) in [6, 6.07) is 0. The Labute approximate surface area is 73.2 Å². The minimum absolute atomic E-state index is 0.0993. The minimum Gasteiger partial charge on any atom is -0.365 e. The number of aliphatic hydroxyl groups excluding tert-OH is 1. The molecule has 1 aliphatic heterocycles. The van der Waals surface area contributed by atoms with E-state index in [4.69, 9.17) is 9.84 Å². The van der Waals surface area contributed by atoms with Gasteiger partial charge in [0, 0.05) is 0 Å². The van der Waals surface area contributed by atoms with Crippen molar-refractivity contribution in [3.63, 3.8) is 0 Å². The molecular formula is C7H9BrO3. The number of ketones is 1. The van der Waals surface area contributed by atoms with Gasteiger partial charge in [0.05, 0.1) is 4.48 Å². The van der Waals surface area contributed by atoms with E-state index in [9.17, 15) is 4.79 Å². The van der Waals surface area contributed by atoms with Gasteiger partial charge >= 0.3 is 0 Å². The van der Waals surface area contributed by atoms with E-state index in [1.807, 2.05) is 6.92 Å². The lowest BCUT2D eigenvalue weighted by Crippen LogP contribution is -2.32. The Hall–Kier alpha value is -0.190. The quantitative estimate of drug-likeness (QED) is 0.717. The number of hydrogen-bond donors (Lipinski definition) is 1. The van der Waals surface area contributed by atoms with Crippen LogP contribution in [0.1, 0.15) is 13.3 Å². The normalized spacial score (nSPS) is 31.9. The Morgan fingerprint density at radius 3 is 3.00 bits per heavy atom. The van der Waals surface area contributed by atoms with Crippen molar-refractivity contribution in [3.05, 3.63) is 10.6 Å². The van der Waals surface area contributed by atoms with Crippen molar-refractivity contribution in [3.8, 4) is 0 Å². The van der Waals surface area contributed by atoms with Crippen molar-refractivity contribution < 1.29 is 14.6 Å². The maximum Gasteiger partial charge on any atom is 0.198 e. The third-order valence-electron chi connectivity index (χ3n) is 1.49. The Morgan fingerprint density at radius 2 is 2.45 bits per heavy atom. The van der Waals surface area contributed by atoms with E-state index >= 15 is 0 Å². The lowest BCUT2D eigenvalue weighted by atomic mass is 10.1. The molecule has 62 valence electrons. The number of hydrogen-bond acceptors (Lipinski definition) is 3. The zero-order valence-electron chi connectivity index (χ0n) is 6.08. The summed E-state index contributed by atoms with van der Waals surface area (Å²) in [4.78, 5) is 11.2. The second-order valence-electron chi connectivity index (χ2n) is 2.30. The van der Waals surface area contributed by atoms with E-state index in [0.29, 0.717) is 10.9 Å². The first-order valence-corrected chi connectivity index (χ1v) is 4.19. The third kappa shape index (κ3) is 1.89. The average molecular weight is 221 g/mol. The second-order valence-corrected chi connectivity index (χ2v) is 3.16.